The van der Waals surface area contributed by atoms with Gasteiger partial charge in [-0.05, 0) is 18.6 Å². The van der Waals surface area contributed by atoms with Crippen molar-refractivity contribution in [1.82, 2.24) is 9.55 Å². The first-order valence-electron chi connectivity index (χ1n) is 6.27. The summed E-state index contributed by atoms with van der Waals surface area (Å²) in [6.07, 6.45) is 4.71. The highest BCUT2D eigenvalue weighted by molar-refractivity contribution is 5.34. The van der Waals surface area contributed by atoms with E-state index in [1.165, 1.54) is 0 Å². The van der Waals surface area contributed by atoms with Crippen LogP contribution in [0.2, 0.25) is 0 Å². The molecule has 1 aliphatic heterocycles. The Balaban J connectivity index is 1.91. The van der Waals surface area contributed by atoms with Gasteiger partial charge in [0.05, 0.1) is 30.9 Å². The molecule has 3 rings (SSSR count). The molecule has 1 aromatic heterocycles. The normalized spacial score (nSPS) is 21.1. The molecule has 1 aromatic carbocycles. The molecule has 2 aromatic rings. The SMILES string of the molecule is NC(c1cncn1-c1ccccc1)C1CCOC1. The lowest BCUT2D eigenvalue weighted by Gasteiger charge is -2.19. The van der Waals surface area contributed by atoms with Gasteiger partial charge in [0.2, 0.25) is 0 Å². The van der Waals surface area contributed by atoms with Crippen molar-refractivity contribution in [2.75, 3.05) is 13.2 Å². The molecule has 4 nitrogen and oxygen atoms in total. The molecule has 2 N–H and O–H groups in total. The maximum Gasteiger partial charge on any atom is 0.0994 e. The van der Waals surface area contributed by atoms with Gasteiger partial charge in [-0.2, -0.15) is 0 Å². The number of benzene rings is 1. The van der Waals surface area contributed by atoms with Crippen LogP contribution in [0.1, 0.15) is 18.2 Å². The minimum Gasteiger partial charge on any atom is -0.381 e. The first-order valence-corrected chi connectivity index (χ1v) is 6.27. The number of nitrogens with two attached hydrogens (primary N) is 1. The fraction of sp³-hybridized carbons (Fsp3) is 0.357. The smallest absolute Gasteiger partial charge is 0.0994 e. The Hall–Kier alpha value is -1.65. The van der Waals surface area contributed by atoms with Crippen molar-refractivity contribution in [3.8, 4) is 5.69 Å². The summed E-state index contributed by atoms with van der Waals surface area (Å²) in [7, 11) is 0. The van der Waals surface area contributed by atoms with Crippen LogP contribution in [0.15, 0.2) is 42.9 Å². The molecule has 0 spiro atoms. The number of nitrogens with zero attached hydrogens (tertiary/aromatic N) is 2. The molecule has 0 amide bonds. The first-order chi connectivity index (χ1) is 8.86. The average Bonchev–Trinajstić information content (AvgIpc) is 3.10. The summed E-state index contributed by atoms with van der Waals surface area (Å²) in [5.41, 5.74) is 8.49. The number of rotatable bonds is 3. The van der Waals surface area contributed by atoms with Gasteiger partial charge >= 0.3 is 0 Å². The number of hydrogen-bond donors (Lipinski definition) is 1. The average molecular weight is 243 g/mol. The number of imidazole rings is 1. The van der Waals surface area contributed by atoms with Gasteiger partial charge < -0.3 is 15.0 Å². The van der Waals surface area contributed by atoms with E-state index in [1.807, 2.05) is 30.7 Å². The predicted molar refractivity (Wildman–Crippen MR) is 69.4 cm³/mol. The van der Waals surface area contributed by atoms with Gasteiger partial charge in [0.15, 0.2) is 0 Å². The number of hydrogen-bond acceptors (Lipinski definition) is 3. The molecule has 1 fully saturated rings. The van der Waals surface area contributed by atoms with Gasteiger partial charge in [-0.25, -0.2) is 4.98 Å². The molecule has 18 heavy (non-hydrogen) atoms. The van der Waals surface area contributed by atoms with Crippen LogP contribution in [0.5, 0.6) is 0 Å². The first kappa shape index (κ1) is 11.4. The highest BCUT2D eigenvalue weighted by atomic mass is 16.5. The fourth-order valence-corrected chi connectivity index (χ4v) is 2.43. The van der Waals surface area contributed by atoms with E-state index in [0.717, 1.165) is 31.0 Å². The van der Waals surface area contributed by atoms with Crippen molar-refractivity contribution in [3.05, 3.63) is 48.5 Å². The zero-order valence-electron chi connectivity index (χ0n) is 10.2. The second-order valence-corrected chi connectivity index (χ2v) is 4.67. The van der Waals surface area contributed by atoms with Crippen molar-refractivity contribution in [1.29, 1.82) is 0 Å². The Morgan fingerprint density at radius 1 is 1.33 bits per heavy atom. The molecule has 2 atom stereocenters. The van der Waals surface area contributed by atoms with Crippen molar-refractivity contribution in [2.24, 2.45) is 11.7 Å². The molecule has 0 bridgehead atoms. The third kappa shape index (κ3) is 2.05. The Bertz CT molecular complexity index is 503. The van der Waals surface area contributed by atoms with E-state index in [2.05, 4.69) is 21.7 Å². The molecule has 0 saturated carbocycles. The van der Waals surface area contributed by atoms with Crippen molar-refractivity contribution < 1.29 is 4.74 Å². The molecule has 0 radical (unpaired) electrons. The summed E-state index contributed by atoms with van der Waals surface area (Å²) >= 11 is 0. The lowest BCUT2D eigenvalue weighted by atomic mass is 9.97. The molecular weight excluding hydrogens is 226 g/mol. The minimum atomic E-state index is -0.0183. The van der Waals surface area contributed by atoms with Gasteiger partial charge in [0, 0.05) is 18.2 Å². The van der Waals surface area contributed by atoms with Crippen LogP contribution < -0.4 is 5.73 Å². The fourth-order valence-electron chi connectivity index (χ4n) is 2.43. The van der Waals surface area contributed by atoms with E-state index in [9.17, 15) is 0 Å². The lowest BCUT2D eigenvalue weighted by molar-refractivity contribution is 0.180. The summed E-state index contributed by atoms with van der Waals surface area (Å²) in [4.78, 5) is 4.23. The molecule has 2 unspecified atom stereocenters. The monoisotopic (exact) mass is 243 g/mol. The van der Waals surface area contributed by atoms with E-state index in [4.69, 9.17) is 10.5 Å². The molecule has 1 saturated heterocycles. The minimum absolute atomic E-state index is 0.0183. The zero-order valence-corrected chi connectivity index (χ0v) is 10.2. The van der Waals surface area contributed by atoms with Crippen LogP contribution in [0, 0.1) is 5.92 Å². The van der Waals surface area contributed by atoms with Crippen LogP contribution in [0.4, 0.5) is 0 Å². The van der Waals surface area contributed by atoms with Crippen LogP contribution in [0.25, 0.3) is 5.69 Å². The molecule has 2 heterocycles. The number of para-hydroxylation sites is 1. The number of aromatic nitrogens is 2. The maximum atomic E-state index is 6.34. The summed E-state index contributed by atoms with van der Waals surface area (Å²) in [6, 6.07) is 10.1. The Labute approximate surface area is 106 Å². The molecular formula is C14H17N3O. The van der Waals surface area contributed by atoms with Crippen molar-refractivity contribution in [3.63, 3.8) is 0 Å². The van der Waals surface area contributed by atoms with Crippen LogP contribution in [0.3, 0.4) is 0 Å². The summed E-state index contributed by atoms with van der Waals surface area (Å²) in [5, 5.41) is 0. The second-order valence-electron chi connectivity index (χ2n) is 4.67. The second kappa shape index (κ2) is 4.92. The van der Waals surface area contributed by atoms with Gasteiger partial charge in [-0.3, -0.25) is 0 Å². The third-order valence-corrected chi connectivity index (χ3v) is 3.52. The Kier molecular flexibility index (Phi) is 3.13. The maximum absolute atomic E-state index is 6.34. The van der Waals surface area contributed by atoms with Gasteiger partial charge in [0.25, 0.3) is 0 Å². The highest BCUT2D eigenvalue weighted by Crippen LogP contribution is 2.27. The summed E-state index contributed by atoms with van der Waals surface area (Å²) in [6.45, 7) is 1.57. The largest absolute Gasteiger partial charge is 0.381 e. The molecule has 94 valence electrons. The van der Waals surface area contributed by atoms with Gasteiger partial charge in [-0.15, -0.1) is 0 Å². The van der Waals surface area contributed by atoms with E-state index in [1.54, 1.807) is 0 Å². The Morgan fingerprint density at radius 2 is 2.17 bits per heavy atom. The van der Waals surface area contributed by atoms with Crippen molar-refractivity contribution >= 4 is 0 Å². The highest BCUT2D eigenvalue weighted by Gasteiger charge is 2.26. The van der Waals surface area contributed by atoms with Gasteiger partial charge in [0.1, 0.15) is 0 Å². The van der Waals surface area contributed by atoms with Crippen LogP contribution in [-0.4, -0.2) is 22.8 Å². The number of ether oxygens (including phenoxy) is 1. The molecule has 0 aliphatic carbocycles. The zero-order chi connectivity index (χ0) is 12.4. The Morgan fingerprint density at radius 3 is 2.89 bits per heavy atom. The molecule has 1 aliphatic rings. The van der Waals surface area contributed by atoms with E-state index >= 15 is 0 Å². The van der Waals surface area contributed by atoms with Crippen LogP contribution in [-0.2, 0) is 4.74 Å². The summed E-state index contributed by atoms with van der Waals surface area (Å²) in [5.74, 6) is 0.393. The topological polar surface area (TPSA) is 53.1 Å². The third-order valence-electron chi connectivity index (χ3n) is 3.52. The van der Waals surface area contributed by atoms with Gasteiger partial charge in [-0.1, -0.05) is 18.2 Å². The van der Waals surface area contributed by atoms with Crippen LogP contribution >= 0.6 is 0 Å². The van der Waals surface area contributed by atoms with E-state index < -0.39 is 0 Å². The molecule has 4 heteroatoms. The standard InChI is InChI=1S/C14H17N3O/c15-14(11-6-7-18-9-11)13-8-16-10-17(13)12-4-2-1-3-5-12/h1-5,8,10-11,14H,6-7,9,15H2. The quantitative estimate of drug-likeness (QED) is 0.896. The lowest BCUT2D eigenvalue weighted by Crippen LogP contribution is -2.24. The predicted octanol–water partition coefficient (Wildman–Crippen LogP) is 1.91. The summed E-state index contributed by atoms with van der Waals surface area (Å²) < 4.78 is 7.47. The van der Waals surface area contributed by atoms with Crippen molar-refractivity contribution in [2.45, 2.75) is 12.5 Å². The van der Waals surface area contributed by atoms with E-state index in [0.29, 0.717) is 5.92 Å². The van der Waals surface area contributed by atoms with E-state index in [-0.39, 0.29) is 6.04 Å².